The number of nitrogens with zero attached hydrogens (tertiary/aromatic N) is 1. The lowest BCUT2D eigenvalue weighted by Gasteiger charge is -2.16. The van der Waals surface area contributed by atoms with Crippen LogP contribution >= 0.6 is 0 Å². The van der Waals surface area contributed by atoms with E-state index in [2.05, 4.69) is 19.2 Å². The van der Waals surface area contributed by atoms with Crippen LogP contribution in [0.25, 0.3) is 0 Å². The zero-order valence-electron chi connectivity index (χ0n) is 12.4. The van der Waals surface area contributed by atoms with Crippen LogP contribution in [-0.4, -0.2) is 37.0 Å². The third kappa shape index (κ3) is 7.00. The molecule has 0 aromatic carbocycles. The van der Waals surface area contributed by atoms with Crippen LogP contribution in [0.1, 0.15) is 58.8 Å². The maximum atomic E-state index is 11.7. The van der Waals surface area contributed by atoms with Crippen molar-refractivity contribution in [1.82, 2.24) is 10.2 Å². The summed E-state index contributed by atoms with van der Waals surface area (Å²) in [6.07, 6.45) is 8.88. The molecule has 0 spiro atoms. The lowest BCUT2D eigenvalue weighted by molar-refractivity contribution is -0.129. The van der Waals surface area contributed by atoms with E-state index in [1.807, 2.05) is 11.9 Å². The van der Waals surface area contributed by atoms with Gasteiger partial charge >= 0.3 is 0 Å². The molecule has 0 radical (unpaired) electrons. The third-order valence-electron chi connectivity index (χ3n) is 3.65. The van der Waals surface area contributed by atoms with Crippen molar-refractivity contribution in [3.63, 3.8) is 0 Å². The van der Waals surface area contributed by atoms with Gasteiger partial charge in [-0.1, -0.05) is 39.5 Å². The second-order valence-corrected chi connectivity index (χ2v) is 6.01. The van der Waals surface area contributed by atoms with Gasteiger partial charge in [0.2, 0.25) is 5.91 Å². The molecule has 1 saturated carbocycles. The zero-order chi connectivity index (χ0) is 13.4. The van der Waals surface area contributed by atoms with Crippen molar-refractivity contribution >= 4 is 5.91 Å². The summed E-state index contributed by atoms with van der Waals surface area (Å²) in [5.41, 5.74) is 0. The average molecular weight is 254 g/mol. The van der Waals surface area contributed by atoms with Crippen molar-refractivity contribution in [3.8, 4) is 0 Å². The van der Waals surface area contributed by atoms with Crippen molar-refractivity contribution in [2.75, 3.05) is 20.1 Å². The normalized spacial score (nSPS) is 15.1. The number of rotatable bonds is 10. The van der Waals surface area contributed by atoms with Crippen LogP contribution in [0, 0.1) is 5.92 Å². The van der Waals surface area contributed by atoms with E-state index in [1.54, 1.807) is 0 Å². The predicted molar refractivity (Wildman–Crippen MR) is 76.6 cm³/mol. The largest absolute Gasteiger partial charge is 0.342 e. The van der Waals surface area contributed by atoms with E-state index in [9.17, 15) is 4.79 Å². The van der Waals surface area contributed by atoms with Crippen LogP contribution in [0.15, 0.2) is 0 Å². The molecule has 1 aliphatic rings. The monoisotopic (exact) mass is 254 g/mol. The van der Waals surface area contributed by atoms with E-state index in [0.717, 1.165) is 12.5 Å². The molecule has 106 valence electrons. The molecule has 3 nitrogen and oxygen atoms in total. The molecule has 0 aromatic rings. The van der Waals surface area contributed by atoms with E-state index in [-0.39, 0.29) is 5.91 Å². The molecule has 1 fully saturated rings. The Morgan fingerprint density at radius 2 is 1.89 bits per heavy atom. The van der Waals surface area contributed by atoms with E-state index < -0.39 is 0 Å². The van der Waals surface area contributed by atoms with Crippen molar-refractivity contribution in [3.05, 3.63) is 0 Å². The number of hydrogen-bond acceptors (Lipinski definition) is 2. The molecule has 1 amide bonds. The highest BCUT2D eigenvalue weighted by atomic mass is 16.2. The molecule has 0 atom stereocenters. The molecule has 18 heavy (non-hydrogen) atoms. The van der Waals surface area contributed by atoms with Crippen molar-refractivity contribution in [2.24, 2.45) is 5.92 Å². The standard InChI is InChI=1S/C15H30N2O/c1-13(2)8-6-4-5-7-11-16-12-15(18)17(3)14-9-10-14/h13-14,16H,4-12H2,1-3H3. The summed E-state index contributed by atoms with van der Waals surface area (Å²) in [4.78, 5) is 13.6. The molecular formula is C15H30N2O. The van der Waals surface area contributed by atoms with Crippen molar-refractivity contribution < 1.29 is 4.79 Å². The maximum Gasteiger partial charge on any atom is 0.236 e. The number of likely N-dealkylation sites (N-methyl/N-ethyl adjacent to an activating group) is 1. The Balaban J connectivity index is 1.84. The minimum atomic E-state index is 0.248. The number of carbonyl (C=O) groups is 1. The SMILES string of the molecule is CC(C)CCCCCCNCC(=O)N(C)C1CC1. The van der Waals surface area contributed by atoms with Crippen molar-refractivity contribution in [2.45, 2.75) is 64.8 Å². The number of unbranched alkanes of at least 4 members (excludes halogenated alkanes) is 3. The Morgan fingerprint density at radius 3 is 2.50 bits per heavy atom. The Labute approximate surface area is 112 Å². The molecule has 0 saturated heterocycles. The van der Waals surface area contributed by atoms with Gasteiger partial charge in [-0.15, -0.1) is 0 Å². The predicted octanol–water partition coefficient (Wildman–Crippen LogP) is 2.80. The van der Waals surface area contributed by atoms with Gasteiger partial charge in [0.25, 0.3) is 0 Å². The van der Waals surface area contributed by atoms with E-state index in [0.29, 0.717) is 12.6 Å². The summed E-state index contributed by atoms with van der Waals surface area (Å²) >= 11 is 0. The van der Waals surface area contributed by atoms with Gasteiger partial charge in [0, 0.05) is 13.1 Å². The van der Waals surface area contributed by atoms with Gasteiger partial charge < -0.3 is 10.2 Å². The highest BCUT2D eigenvalue weighted by Crippen LogP contribution is 2.25. The maximum absolute atomic E-state index is 11.7. The third-order valence-corrected chi connectivity index (χ3v) is 3.65. The number of nitrogens with one attached hydrogen (secondary N) is 1. The lowest BCUT2D eigenvalue weighted by atomic mass is 10.0. The smallest absolute Gasteiger partial charge is 0.236 e. The Bertz CT molecular complexity index is 237. The molecule has 1 N–H and O–H groups in total. The Kier molecular flexibility index (Phi) is 7.33. The van der Waals surface area contributed by atoms with Gasteiger partial charge in [0.1, 0.15) is 0 Å². The molecule has 1 aliphatic carbocycles. The Hall–Kier alpha value is -0.570. The fourth-order valence-corrected chi connectivity index (χ4v) is 2.14. The minimum absolute atomic E-state index is 0.248. The first-order valence-corrected chi connectivity index (χ1v) is 7.57. The first-order valence-electron chi connectivity index (χ1n) is 7.57. The molecule has 0 aliphatic heterocycles. The van der Waals surface area contributed by atoms with Gasteiger partial charge in [-0.25, -0.2) is 0 Å². The molecule has 0 unspecified atom stereocenters. The van der Waals surface area contributed by atoms with Gasteiger partial charge in [-0.3, -0.25) is 4.79 Å². The lowest BCUT2D eigenvalue weighted by Crippen LogP contribution is -2.37. The number of carbonyl (C=O) groups excluding carboxylic acids is 1. The topological polar surface area (TPSA) is 32.3 Å². The number of amides is 1. The van der Waals surface area contributed by atoms with Crippen molar-refractivity contribution in [1.29, 1.82) is 0 Å². The van der Waals surface area contributed by atoms with E-state index in [4.69, 9.17) is 0 Å². The summed E-state index contributed by atoms with van der Waals surface area (Å²) in [6, 6.07) is 0.537. The van der Waals surface area contributed by atoms with Gasteiger partial charge in [0.15, 0.2) is 0 Å². The first-order chi connectivity index (χ1) is 8.61. The summed E-state index contributed by atoms with van der Waals surface area (Å²) in [6.45, 7) is 6.05. The number of hydrogen-bond donors (Lipinski definition) is 1. The van der Waals surface area contributed by atoms with Gasteiger partial charge in [0.05, 0.1) is 6.54 Å². The van der Waals surface area contributed by atoms with Gasteiger partial charge in [-0.2, -0.15) is 0 Å². The summed E-state index contributed by atoms with van der Waals surface area (Å²) < 4.78 is 0. The molecule has 0 heterocycles. The highest BCUT2D eigenvalue weighted by Gasteiger charge is 2.28. The zero-order valence-corrected chi connectivity index (χ0v) is 12.4. The highest BCUT2D eigenvalue weighted by molar-refractivity contribution is 5.78. The average Bonchev–Trinajstić information content (AvgIpc) is 3.15. The molecule has 0 aromatic heterocycles. The quantitative estimate of drug-likeness (QED) is 0.608. The van der Waals surface area contributed by atoms with Gasteiger partial charge in [-0.05, 0) is 31.7 Å². The molecule has 1 rings (SSSR count). The Morgan fingerprint density at radius 1 is 1.22 bits per heavy atom. The van der Waals surface area contributed by atoms with Crippen LogP contribution in [0.2, 0.25) is 0 Å². The summed E-state index contributed by atoms with van der Waals surface area (Å²) in [5.74, 6) is 1.08. The second-order valence-electron chi connectivity index (χ2n) is 6.01. The van der Waals surface area contributed by atoms with Crippen LogP contribution in [0.3, 0.4) is 0 Å². The van der Waals surface area contributed by atoms with Crippen LogP contribution < -0.4 is 5.32 Å². The van der Waals surface area contributed by atoms with E-state index >= 15 is 0 Å². The fraction of sp³-hybridized carbons (Fsp3) is 0.933. The fourth-order valence-electron chi connectivity index (χ4n) is 2.14. The van der Waals surface area contributed by atoms with Crippen LogP contribution in [-0.2, 0) is 4.79 Å². The first kappa shape index (κ1) is 15.5. The second kappa shape index (κ2) is 8.52. The van der Waals surface area contributed by atoms with Crippen LogP contribution in [0.5, 0.6) is 0 Å². The summed E-state index contributed by atoms with van der Waals surface area (Å²) in [7, 11) is 1.92. The minimum Gasteiger partial charge on any atom is -0.342 e. The molecule has 0 bridgehead atoms. The molecular weight excluding hydrogens is 224 g/mol. The molecule has 3 heteroatoms. The van der Waals surface area contributed by atoms with E-state index in [1.165, 1.54) is 44.9 Å². The summed E-state index contributed by atoms with van der Waals surface area (Å²) in [5, 5.41) is 3.26. The van der Waals surface area contributed by atoms with Crippen LogP contribution in [0.4, 0.5) is 0 Å².